The van der Waals surface area contributed by atoms with Crippen molar-refractivity contribution >= 4 is 41.7 Å². The Morgan fingerprint density at radius 2 is 2.12 bits per heavy atom. The Balaban J connectivity index is 0.00000385. The van der Waals surface area contributed by atoms with Gasteiger partial charge in [0.2, 0.25) is 5.91 Å². The zero-order valence-corrected chi connectivity index (χ0v) is 21.5. The molecule has 0 atom stereocenters. The van der Waals surface area contributed by atoms with E-state index in [9.17, 15) is 4.79 Å². The average molecular weight is 570 g/mol. The number of aromatic nitrogens is 1. The molecular formula is C23H35IN6O3. The lowest BCUT2D eigenvalue weighted by Gasteiger charge is -2.32. The number of hydrogen-bond donors (Lipinski definition) is 3. The van der Waals surface area contributed by atoms with Gasteiger partial charge in [-0.05, 0) is 44.4 Å². The van der Waals surface area contributed by atoms with Gasteiger partial charge in [0.05, 0.1) is 12.8 Å². The highest BCUT2D eigenvalue weighted by Crippen LogP contribution is 2.24. The molecule has 2 aromatic rings. The third-order valence-corrected chi connectivity index (χ3v) is 5.40. The summed E-state index contributed by atoms with van der Waals surface area (Å²) in [6.07, 6.45) is 5.84. The number of aliphatic imine (C=N–C) groups is 1. The molecule has 0 saturated carbocycles. The molecule has 33 heavy (non-hydrogen) atoms. The SMILES string of the molecule is CCNC(=NCc1cccnc1N1CCC(C(N)=O)CC1)NCCCOCc1ccco1.I. The van der Waals surface area contributed by atoms with Crippen molar-refractivity contribution in [2.24, 2.45) is 16.6 Å². The number of pyridine rings is 1. The number of carbonyl (C=O) groups is 1. The number of rotatable bonds is 11. The van der Waals surface area contributed by atoms with Crippen molar-refractivity contribution in [2.45, 2.75) is 39.3 Å². The fourth-order valence-corrected chi connectivity index (χ4v) is 3.67. The van der Waals surface area contributed by atoms with Crippen LogP contribution in [0.4, 0.5) is 5.82 Å². The number of nitrogens with zero attached hydrogens (tertiary/aromatic N) is 3. The molecule has 0 aliphatic carbocycles. The third-order valence-electron chi connectivity index (χ3n) is 5.40. The molecule has 2 aromatic heterocycles. The van der Waals surface area contributed by atoms with Crippen molar-refractivity contribution in [3.63, 3.8) is 0 Å². The highest BCUT2D eigenvalue weighted by atomic mass is 127. The maximum absolute atomic E-state index is 11.4. The molecule has 3 heterocycles. The predicted molar refractivity (Wildman–Crippen MR) is 140 cm³/mol. The topological polar surface area (TPSA) is 118 Å². The molecule has 9 nitrogen and oxygen atoms in total. The van der Waals surface area contributed by atoms with Gasteiger partial charge in [-0.25, -0.2) is 9.98 Å². The van der Waals surface area contributed by atoms with Gasteiger partial charge in [-0.3, -0.25) is 4.79 Å². The van der Waals surface area contributed by atoms with Gasteiger partial charge in [-0.1, -0.05) is 6.07 Å². The van der Waals surface area contributed by atoms with Gasteiger partial charge >= 0.3 is 0 Å². The van der Waals surface area contributed by atoms with Crippen LogP contribution in [0.15, 0.2) is 46.1 Å². The summed E-state index contributed by atoms with van der Waals surface area (Å²) in [5.41, 5.74) is 6.52. The number of furan rings is 1. The maximum atomic E-state index is 11.4. The van der Waals surface area contributed by atoms with Gasteiger partial charge < -0.3 is 30.4 Å². The molecule has 1 saturated heterocycles. The second-order valence-electron chi connectivity index (χ2n) is 7.76. The summed E-state index contributed by atoms with van der Waals surface area (Å²) in [7, 11) is 0. The average Bonchev–Trinajstić information content (AvgIpc) is 3.33. The van der Waals surface area contributed by atoms with E-state index in [-0.39, 0.29) is 35.8 Å². The summed E-state index contributed by atoms with van der Waals surface area (Å²) < 4.78 is 10.9. The van der Waals surface area contributed by atoms with E-state index in [4.69, 9.17) is 19.9 Å². The first-order chi connectivity index (χ1) is 15.7. The number of piperidine rings is 1. The fourth-order valence-electron chi connectivity index (χ4n) is 3.67. The number of nitrogens with one attached hydrogen (secondary N) is 2. The number of hydrogen-bond acceptors (Lipinski definition) is 6. The number of amides is 1. The Hall–Kier alpha value is -2.34. The number of nitrogens with two attached hydrogens (primary N) is 1. The van der Waals surface area contributed by atoms with Crippen LogP contribution >= 0.6 is 24.0 Å². The third kappa shape index (κ3) is 8.84. The molecule has 4 N–H and O–H groups in total. The Kier molecular flexibility index (Phi) is 12.0. The maximum Gasteiger partial charge on any atom is 0.220 e. The van der Waals surface area contributed by atoms with Gasteiger partial charge in [-0.15, -0.1) is 24.0 Å². The van der Waals surface area contributed by atoms with Gasteiger partial charge in [-0.2, -0.15) is 0 Å². The van der Waals surface area contributed by atoms with E-state index in [2.05, 4.69) is 26.6 Å². The predicted octanol–water partition coefficient (Wildman–Crippen LogP) is 2.66. The van der Waals surface area contributed by atoms with Crippen LogP contribution in [0, 0.1) is 5.92 Å². The van der Waals surface area contributed by atoms with Gasteiger partial charge in [0.1, 0.15) is 18.2 Å². The van der Waals surface area contributed by atoms with Gasteiger partial charge in [0, 0.05) is 50.5 Å². The highest BCUT2D eigenvalue weighted by Gasteiger charge is 2.24. The summed E-state index contributed by atoms with van der Waals surface area (Å²) in [4.78, 5) is 23.0. The first-order valence-corrected chi connectivity index (χ1v) is 11.3. The van der Waals surface area contributed by atoms with Crippen LogP contribution in [0.25, 0.3) is 0 Å². The minimum Gasteiger partial charge on any atom is -0.467 e. The van der Waals surface area contributed by atoms with E-state index >= 15 is 0 Å². The van der Waals surface area contributed by atoms with Crippen LogP contribution in [0.3, 0.4) is 0 Å². The van der Waals surface area contributed by atoms with Crippen LogP contribution in [0.1, 0.15) is 37.5 Å². The Morgan fingerprint density at radius 1 is 1.30 bits per heavy atom. The molecule has 1 aliphatic rings. The lowest BCUT2D eigenvalue weighted by Crippen LogP contribution is -2.39. The van der Waals surface area contributed by atoms with Gasteiger partial charge in [0.25, 0.3) is 0 Å². The van der Waals surface area contributed by atoms with E-state index < -0.39 is 0 Å². The summed E-state index contributed by atoms with van der Waals surface area (Å²) in [5, 5.41) is 6.63. The van der Waals surface area contributed by atoms with Crippen molar-refractivity contribution in [3.8, 4) is 0 Å². The smallest absolute Gasteiger partial charge is 0.220 e. The summed E-state index contributed by atoms with van der Waals surface area (Å²) in [6, 6.07) is 7.75. The van der Waals surface area contributed by atoms with Crippen LogP contribution in [-0.2, 0) is 22.7 Å². The number of anilines is 1. The fraction of sp³-hybridized carbons (Fsp3) is 0.522. The first-order valence-electron chi connectivity index (χ1n) is 11.3. The molecule has 182 valence electrons. The quantitative estimate of drug-likeness (QED) is 0.165. The molecule has 0 aromatic carbocycles. The number of guanidine groups is 1. The van der Waals surface area contributed by atoms with Crippen LogP contribution in [-0.4, -0.2) is 49.6 Å². The molecule has 0 unspecified atom stereocenters. The summed E-state index contributed by atoms with van der Waals surface area (Å²) in [6.45, 7) is 6.77. The lowest BCUT2D eigenvalue weighted by atomic mass is 9.96. The molecule has 0 spiro atoms. The van der Waals surface area contributed by atoms with Gasteiger partial charge in [0.15, 0.2) is 5.96 Å². The second kappa shape index (κ2) is 14.7. The first kappa shape index (κ1) is 26.9. The van der Waals surface area contributed by atoms with Crippen LogP contribution < -0.4 is 21.3 Å². The van der Waals surface area contributed by atoms with E-state index in [0.717, 1.165) is 68.5 Å². The molecule has 0 bridgehead atoms. The minimum atomic E-state index is -0.205. The largest absolute Gasteiger partial charge is 0.467 e. The molecule has 10 heteroatoms. The molecular weight excluding hydrogens is 535 g/mol. The van der Waals surface area contributed by atoms with Crippen molar-refractivity contribution in [2.75, 3.05) is 37.7 Å². The molecule has 0 radical (unpaired) electrons. The van der Waals surface area contributed by atoms with Crippen molar-refractivity contribution in [1.29, 1.82) is 0 Å². The number of halogens is 1. The van der Waals surface area contributed by atoms with Crippen LogP contribution in [0.2, 0.25) is 0 Å². The Labute approximate surface area is 212 Å². The van der Waals surface area contributed by atoms with E-state index in [1.165, 1.54) is 0 Å². The summed E-state index contributed by atoms with van der Waals surface area (Å²) in [5.74, 6) is 2.29. The van der Waals surface area contributed by atoms with E-state index in [0.29, 0.717) is 19.8 Å². The standard InChI is InChI=1S/C23H34N6O3.HI/c1-2-25-23(27-11-5-14-31-17-20-7-4-15-32-20)28-16-19-6-3-10-26-22(19)29-12-8-18(9-13-29)21(24)30;/h3-4,6-7,10,15,18H,2,5,8-9,11-14,16-17H2,1H3,(H2,24,30)(H2,25,27,28);1H. The van der Waals surface area contributed by atoms with Crippen molar-refractivity contribution in [1.82, 2.24) is 15.6 Å². The molecule has 1 aliphatic heterocycles. The zero-order chi connectivity index (χ0) is 22.6. The molecule has 1 amide bonds. The van der Waals surface area contributed by atoms with E-state index in [1.54, 1.807) is 12.5 Å². The summed E-state index contributed by atoms with van der Waals surface area (Å²) >= 11 is 0. The monoisotopic (exact) mass is 570 g/mol. The van der Waals surface area contributed by atoms with E-state index in [1.807, 2.05) is 25.1 Å². The minimum absolute atomic E-state index is 0. The Bertz CT molecular complexity index is 854. The molecule has 3 rings (SSSR count). The normalized spacial score (nSPS) is 14.6. The molecule has 1 fully saturated rings. The van der Waals surface area contributed by atoms with Crippen LogP contribution in [0.5, 0.6) is 0 Å². The Morgan fingerprint density at radius 3 is 2.82 bits per heavy atom. The zero-order valence-electron chi connectivity index (χ0n) is 19.2. The number of primary amides is 1. The lowest BCUT2D eigenvalue weighted by molar-refractivity contribution is -0.122. The van der Waals surface area contributed by atoms with Crippen molar-refractivity contribution in [3.05, 3.63) is 48.0 Å². The van der Waals surface area contributed by atoms with Crippen molar-refractivity contribution < 1.29 is 13.9 Å². The number of ether oxygens (including phenoxy) is 1. The highest BCUT2D eigenvalue weighted by molar-refractivity contribution is 14.0. The number of carbonyl (C=O) groups excluding carboxylic acids is 1. The second-order valence-corrected chi connectivity index (χ2v) is 7.76.